The van der Waals surface area contributed by atoms with Gasteiger partial charge in [-0.05, 0) is 19.4 Å². The minimum atomic E-state index is -0.314. The predicted octanol–water partition coefficient (Wildman–Crippen LogP) is 4.87. The van der Waals surface area contributed by atoms with Crippen LogP contribution in [0.1, 0.15) is 32.3 Å². The van der Waals surface area contributed by atoms with Gasteiger partial charge in [-0.15, -0.1) is 10.2 Å². The van der Waals surface area contributed by atoms with Crippen LogP contribution in [0.25, 0.3) is 0 Å². The quantitative estimate of drug-likeness (QED) is 0.491. The number of carbonyl (C=O) groups excluding carboxylic acids is 1. The van der Waals surface area contributed by atoms with Crippen LogP contribution in [0.15, 0.2) is 58.4 Å². The van der Waals surface area contributed by atoms with E-state index in [0.717, 1.165) is 21.0 Å². The largest absolute Gasteiger partial charge is 0.293 e. The number of rotatable bonds is 5. The molecule has 1 atom stereocenters. The van der Waals surface area contributed by atoms with Crippen LogP contribution < -0.4 is 0 Å². The van der Waals surface area contributed by atoms with Crippen LogP contribution in [0.2, 0.25) is 0 Å². The predicted molar refractivity (Wildman–Crippen MR) is 95.2 cm³/mol. The molecule has 1 aromatic heterocycles. The van der Waals surface area contributed by atoms with Crippen molar-refractivity contribution in [3.05, 3.63) is 76.3 Å². The van der Waals surface area contributed by atoms with E-state index in [1.165, 1.54) is 28.7 Å². The third-order valence-corrected chi connectivity index (χ3v) is 5.58. The molecular weight excluding hydrogens is 324 g/mol. The average Bonchev–Trinajstić information content (AvgIpc) is 3.07. The zero-order valence-electron chi connectivity index (χ0n) is 12.9. The SMILES string of the molecule is Cc1ccc(C(=O)C(Sc2nncs2)c2ccc(C)cc2)cc1. The maximum Gasteiger partial charge on any atom is 0.180 e. The van der Waals surface area contributed by atoms with Crippen LogP contribution >= 0.6 is 23.1 Å². The zero-order chi connectivity index (χ0) is 16.2. The number of hydrogen-bond donors (Lipinski definition) is 0. The number of hydrogen-bond acceptors (Lipinski definition) is 5. The normalized spacial score (nSPS) is 12.1. The summed E-state index contributed by atoms with van der Waals surface area (Å²) in [5.74, 6) is 0.0917. The van der Waals surface area contributed by atoms with Gasteiger partial charge in [-0.3, -0.25) is 4.79 Å². The van der Waals surface area contributed by atoms with Crippen molar-refractivity contribution in [2.45, 2.75) is 23.4 Å². The van der Waals surface area contributed by atoms with E-state index in [0.29, 0.717) is 0 Å². The molecule has 3 aromatic rings. The smallest absolute Gasteiger partial charge is 0.180 e. The molecule has 0 amide bonds. The average molecular weight is 340 g/mol. The lowest BCUT2D eigenvalue weighted by Crippen LogP contribution is -2.10. The number of thioether (sulfide) groups is 1. The molecule has 0 bridgehead atoms. The van der Waals surface area contributed by atoms with E-state index in [-0.39, 0.29) is 11.0 Å². The third-order valence-electron chi connectivity index (χ3n) is 3.51. The van der Waals surface area contributed by atoms with Crippen molar-refractivity contribution in [3.63, 3.8) is 0 Å². The van der Waals surface area contributed by atoms with Crippen molar-refractivity contribution in [2.24, 2.45) is 0 Å². The number of aryl methyl sites for hydroxylation is 2. The van der Waals surface area contributed by atoms with Gasteiger partial charge in [0, 0.05) is 5.56 Å². The molecule has 2 aromatic carbocycles. The first kappa shape index (κ1) is 15.9. The summed E-state index contributed by atoms with van der Waals surface area (Å²) < 4.78 is 0.802. The van der Waals surface area contributed by atoms with Crippen molar-refractivity contribution in [3.8, 4) is 0 Å². The summed E-state index contributed by atoms with van der Waals surface area (Å²) in [6, 6.07) is 15.8. The highest BCUT2D eigenvalue weighted by molar-refractivity contribution is 8.01. The van der Waals surface area contributed by atoms with Gasteiger partial charge in [0.05, 0.1) is 5.25 Å². The molecule has 1 heterocycles. The first-order valence-corrected chi connectivity index (χ1v) is 8.99. The van der Waals surface area contributed by atoms with E-state index < -0.39 is 0 Å². The van der Waals surface area contributed by atoms with Crippen molar-refractivity contribution < 1.29 is 4.79 Å². The Morgan fingerprint density at radius 1 is 1.00 bits per heavy atom. The summed E-state index contributed by atoms with van der Waals surface area (Å²) in [6.07, 6.45) is 0. The Morgan fingerprint density at radius 3 is 2.17 bits per heavy atom. The minimum absolute atomic E-state index is 0.0917. The van der Waals surface area contributed by atoms with Crippen LogP contribution in [0.3, 0.4) is 0 Å². The molecule has 0 N–H and O–H groups in total. The third kappa shape index (κ3) is 3.86. The molecule has 0 saturated carbocycles. The van der Waals surface area contributed by atoms with Gasteiger partial charge in [-0.25, -0.2) is 0 Å². The van der Waals surface area contributed by atoms with E-state index in [9.17, 15) is 4.79 Å². The van der Waals surface area contributed by atoms with Crippen LogP contribution in [-0.4, -0.2) is 16.0 Å². The van der Waals surface area contributed by atoms with E-state index >= 15 is 0 Å². The van der Waals surface area contributed by atoms with Gasteiger partial charge in [0.1, 0.15) is 5.51 Å². The fraction of sp³-hybridized carbons (Fsp3) is 0.167. The van der Waals surface area contributed by atoms with Crippen molar-refractivity contribution in [1.82, 2.24) is 10.2 Å². The first-order valence-electron chi connectivity index (χ1n) is 7.24. The summed E-state index contributed by atoms with van der Waals surface area (Å²) in [7, 11) is 0. The molecule has 0 aliphatic carbocycles. The maximum absolute atomic E-state index is 13.0. The summed E-state index contributed by atoms with van der Waals surface area (Å²) in [5.41, 5.74) is 5.71. The second-order valence-electron chi connectivity index (χ2n) is 5.34. The van der Waals surface area contributed by atoms with Gasteiger partial charge < -0.3 is 0 Å². The Bertz CT molecular complexity index is 781. The lowest BCUT2D eigenvalue weighted by Gasteiger charge is -2.15. The van der Waals surface area contributed by atoms with E-state index in [1.54, 1.807) is 5.51 Å². The van der Waals surface area contributed by atoms with Crippen LogP contribution in [0.4, 0.5) is 0 Å². The number of Topliss-reactive ketones (excluding diaryl/α,β-unsaturated/α-hetero) is 1. The van der Waals surface area contributed by atoms with Crippen molar-refractivity contribution in [2.75, 3.05) is 0 Å². The van der Waals surface area contributed by atoms with Gasteiger partial charge in [0.25, 0.3) is 0 Å². The molecule has 3 rings (SSSR count). The van der Waals surface area contributed by atoms with E-state index in [1.807, 2.05) is 62.4 Å². The molecule has 1 unspecified atom stereocenters. The minimum Gasteiger partial charge on any atom is -0.293 e. The molecule has 0 aliphatic rings. The number of nitrogens with zero attached hydrogens (tertiary/aromatic N) is 2. The Kier molecular flexibility index (Phi) is 4.88. The highest BCUT2D eigenvalue weighted by Gasteiger charge is 2.24. The monoisotopic (exact) mass is 340 g/mol. The lowest BCUT2D eigenvalue weighted by molar-refractivity contribution is 0.0989. The van der Waals surface area contributed by atoms with Crippen LogP contribution in [0.5, 0.6) is 0 Å². The topological polar surface area (TPSA) is 42.9 Å². The van der Waals surface area contributed by atoms with Gasteiger partial charge >= 0.3 is 0 Å². The van der Waals surface area contributed by atoms with Gasteiger partial charge in [-0.1, -0.05) is 82.8 Å². The molecule has 0 saturated heterocycles. The fourth-order valence-electron chi connectivity index (χ4n) is 2.20. The summed E-state index contributed by atoms with van der Waals surface area (Å²) in [5, 5.41) is 7.62. The number of aromatic nitrogens is 2. The van der Waals surface area contributed by atoms with Crippen molar-refractivity contribution in [1.29, 1.82) is 0 Å². The summed E-state index contributed by atoms with van der Waals surface area (Å²) >= 11 is 2.91. The standard InChI is InChI=1S/C18H16N2OS2/c1-12-3-7-14(8-4-12)16(21)17(23-18-20-19-11-22-18)15-9-5-13(2)6-10-15/h3-11,17H,1-2H3. The molecule has 0 aliphatic heterocycles. The molecule has 0 radical (unpaired) electrons. The molecule has 116 valence electrons. The zero-order valence-corrected chi connectivity index (χ0v) is 14.5. The van der Waals surface area contributed by atoms with Crippen LogP contribution in [0, 0.1) is 13.8 Å². The second kappa shape index (κ2) is 7.06. The van der Waals surface area contributed by atoms with Crippen molar-refractivity contribution >= 4 is 28.9 Å². The Labute approximate surface area is 143 Å². The summed E-state index contributed by atoms with van der Waals surface area (Å²) in [4.78, 5) is 13.0. The Hall–Kier alpha value is -1.98. The molecule has 0 spiro atoms. The Balaban J connectivity index is 1.95. The number of carbonyl (C=O) groups is 1. The molecule has 5 heteroatoms. The number of benzene rings is 2. The molecule has 23 heavy (non-hydrogen) atoms. The summed E-state index contributed by atoms with van der Waals surface area (Å²) in [6.45, 7) is 4.06. The second-order valence-corrected chi connectivity index (χ2v) is 7.53. The van der Waals surface area contributed by atoms with Gasteiger partial charge in [0.15, 0.2) is 10.1 Å². The molecular formula is C18H16N2OS2. The Morgan fingerprint density at radius 2 is 1.61 bits per heavy atom. The van der Waals surface area contributed by atoms with E-state index in [4.69, 9.17) is 0 Å². The maximum atomic E-state index is 13.0. The lowest BCUT2D eigenvalue weighted by atomic mass is 10.0. The highest BCUT2D eigenvalue weighted by atomic mass is 32.2. The number of ketones is 1. The fourth-order valence-corrected chi connectivity index (χ4v) is 3.95. The molecule has 0 fully saturated rings. The highest BCUT2D eigenvalue weighted by Crippen LogP contribution is 2.38. The van der Waals surface area contributed by atoms with E-state index in [2.05, 4.69) is 10.2 Å². The van der Waals surface area contributed by atoms with Gasteiger partial charge in [-0.2, -0.15) is 0 Å². The molecule has 3 nitrogen and oxygen atoms in total. The van der Waals surface area contributed by atoms with Crippen LogP contribution in [-0.2, 0) is 0 Å². The first-order chi connectivity index (χ1) is 11.1. The van der Waals surface area contributed by atoms with Gasteiger partial charge in [0.2, 0.25) is 0 Å².